The largest absolute Gasteiger partial charge is 0.357 e. The molecule has 0 saturated carbocycles. The Bertz CT molecular complexity index is 839. The average molecular weight is 469 g/mol. The van der Waals surface area contributed by atoms with Crippen LogP contribution in [0.1, 0.15) is 25.5 Å². The SMILES string of the molecule is CCNC(=NCc1nnc2ccccn12)NCCn1cnnc1CC.I. The maximum atomic E-state index is 4.60. The summed E-state index contributed by atoms with van der Waals surface area (Å²) in [5, 5.41) is 22.9. The first-order valence-electron chi connectivity index (χ1n) is 8.49. The maximum absolute atomic E-state index is 4.60. The number of aliphatic imine (C=N–C) groups is 1. The van der Waals surface area contributed by atoms with Crippen LogP contribution in [0.3, 0.4) is 0 Å². The van der Waals surface area contributed by atoms with Gasteiger partial charge in [-0.05, 0) is 19.1 Å². The van der Waals surface area contributed by atoms with Crippen molar-refractivity contribution < 1.29 is 0 Å². The number of rotatable bonds is 7. The number of halogens is 1. The highest BCUT2D eigenvalue weighted by Gasteiger charge is 2.05. The fraction of sp³-hybridized carbons (Fsp3) is 0.438. The predicted octanol–water partition coefficient (Wildman–Crippen LogP) is 1.26. The zero-order valence-corrected chi connectivity index (χ0v) is 17.3. The van der Waals surface area contributed by atoms with Gasteiger partial charge >= 0.3 is 0 Å². The summed E-state index contributed by atoms with van der Waals surface area (Å²) in [5.41, 5.74) is 0.824. The van der Waals surface area contributed by atoms with Crippen LogP contribution in [0.25, 0.3) is 5.65 Å². The van der Waals surface area contributed by atoms with Gasteiger partial charge in [-0.15, -0.1) is 44.4 Å². The van der Waals surface area contributed by atoms with E-state index in [4.69, 9.17) is 0 Å². The molecule has 0 spiro atoms. The summed E-state index contributed by atoms with van der Waals surface area (Å²) >= 11 is 0. The summed E-state index contributed by atoms with van der Waals surface area (Å²) in [6, 6.07) is 5.82. The number of nitrogens with zero attached hydrogens (tertiary/aromatic N) is 7. The van der Waals surface area contributed by atoms with Crippen molar-refractivity contribution in [3.8, 4) is 0 Å². The van der Waals surface area contributed by atoms with E-state index in [9.17, 15) is 0 Å². The van der Waals surface area contributed by atoms with E-state index < -0.39 is 0 Å². The van der Waals surface area contributed by atoms with Gasteiger partial charge in [-0.25, -0.2) is 4.99 Å². The van der Waals surface area contributed by atoms with Gasteiger partial charge in [-0.1, -0.05) is 13.0 Å². The van der Waals surface area contributed by atoms with E-state index in [1.807, 2.05) is 40.3 Å². The molecule has 3 aromatic heterocycles. The zero-order valence-electron chi connectivity index (χ0n) is 15.0. The molecule has 26 heavy (non-hydrogen) atoms. The monoisotopic (exact) mass is 469 g/mol. The normalized spacial score (nSPS) is 11.4. The summed E-state index contributed by atoms with van der Waals surface area (Å²) in [4.78, 5) is 4.60. The molecule has 9 nitrogen and oxygen atoms in total. The molecule has 10 heteroatoms. The van der Waals surface area contributed by atoms with Crippen LogP contribution in [-0.2, 0) is 19.5 Å². The number of aromatic nitrogens is 6. The number of aryl methyl sites for hydroxylation is 1. The van der Waals surface area contributed by atoms with E-state index in [1.54, 1.807) is 6.33 Å². The lowest BCUT2D eigenvalue weighted by Gasteiger charge is -2.12. The molecule has 0 amide bonds. The highest BCUT2D eigenvalue weighted by molar-refractivity contribution is 14.0. The van der Waals surface area contributed by atoms with Gasteiger partial charge in [0.2, 0.25) is 0 Å². The number of hydrogen-bond acceptors (Lipinski definition) is 5. The van der Waals surface area contributed by atoms with Crippen molar-refractivity contribution in [1.82, 2.24) is 40.0 Å². The van der Waals surface area contributed by atoms with E-state index in [1.165, 1.54) is 0 Å². The van der Waals surface area contributed by atoms with Crippen LogP contribution in [0.5, 0.6) is 0 Å². The van der Waals surface area contributed by atoms with Gasteiger partial charge in [0.25, 0.3) is 0 Å². The Hall–Kier alpha value is -2.24. The fourth-order valence-electron chi connectivity index (χ4n) is 2.52. The van der Waals surface area contributed by atoms with Crippen molar-refractivity contribution >= 4 is 35.6 Å². The van der Waals surface area contributed by atoms with Crippen LogP contribution in [0.2, 0.25) is 0 Å². The van der Waals surface area contributed by atoms with E-state index in [0.29, 0.717) is 6.54 Å². The summed E-state index contributed by atoms with van der Waals surface area (Å²) in [6.45, 7) is 6.87. The van der Waals surface area contributed by atoms with E-state index in [2.05, 4.69) is 42.9 Å². The first kappa shape index (κ1) is 20.1. The molecule has 0 unspecified atom stereocenters. The molecular weight excluding hydrogens is 445 g/mol. The second kappa shape index (κ2) is 10.0. The number of fused-ring (bicyclic) bond motifs is 1. The number of pyridine rings is 1. The summed E-state index contributed by atoms with van der Waals surface area (Å²) in [5.74, 6) is 2.54. The van der Waals surface area contributed by atoms with Crippen LogP contribution >= 0.6 is 24.0 Å². The van der Waals surface area contributed by atoms with Crippen molar-refractivity contribution in [2.45, 2.75) is 33.4 Å². The summed E-state index contributed by atoms with van der Waals surface area (Å²) in [7, 11) is 0. The molecule has 0 bridgehead atoms. The Morgan fingerprint density at radius 2 is 2.00 bits per heavy atom. The Balaban J connectivity index is 0.00000243. The highest BCUT2D eigenvalue weighted by atomic mass is 127. The highest BCUT2D eigenvalue weighted by Crippen LogP contribution is 2.03. The molecule has 3 aromatic rings. The van der Waals surface area contributed by atoms with E-state index in [0.717, 1.165) is 49.3 Å². The number of hydrogen-bond donors (Lipinski definition) is 2. The van der Waals surface area contributed by atoms with Crippen molar-refractivity contribution in [3.05, 3.63) is 42.4 Å². The van der Waals surface area contributed by atoms with Crippen LogP contribution < -0.4 is 10.6 Å². The number of guanidine groups is 1. The van der Waals surface area contributed by atoms with Crippen LogP contribution in [0.15, 0.2) is 35.7 Å². The Labute approximate surface area is 169 Å². The van der Waals surface area contributed by atoms with Gasteiger partial charge in [-0.3, -0.25) is 4.40 Å². The zero-order chi connectivity index (χ0) is 17.5. The molecule has 0 radical (unpaired) electrons. The van der Waals surface area contributed by atoms with Gasteiger partial charge in [0.05, 0.1) is 0 Å². The lowest BCUT2D eigenvalue weighted by molar-refractivity contribution is 0.632. The van der Waals surface area contributed by atoms with Crippen molar-refractivity contribution in [3.63, 3.8) is 0 Å². The van der Waals surface area contributed by atoms with Gasteiger partial charge in [0, 0.05) is 32.3 Å². The van der Waals surface area contributed by atoms with Crippen molar-refractivity contribution in [1.29, 1.82) is 0 Å². The molecule has 0 fully saturated rings. The van der Waals surface area contributed by atoms with E-state index in [-0.39, 0.29) is 24.0 Å². The summed E-state index contributed by atoms with van der Waals surface area (Å²) in [6.07, 6.45) is 4.57. The van der Waals surface area contributed by atoms with Crippen molar-refractivity contribution in [2.24, 2.45) is 4.99 Å². The molecule has 0 atom stereocenters. The third-order valence-electron chi connectivity index (χ3n) is 3.76. The third-order valence-corrected chi connectivity index (χ3v) is 3.76. The molecule has 0 aliphatic carbocycles. The quantitative estimate of drug-likeness (QED) is 0.307. The Morgan fingerprint density at radius 1 is 1.12 bits per heavy atom. The molecular formula is C16H24IN9. The molecule has 3 heterocycles. The molecule has 0 saturated heterocycles. The molecule has 140 valence electrons. The lowest BCUT2D eigenvalue weighted by Crippen LogP contribution is -2.39. The first-order valence-corrected chi connectivity index (χ1v) is 8.49. The lowest BCUT2D eigenvalue weighted by atomic mass is 10.4. The van der Waals surface area contributed by atoms with Gasteiger partial charge in [0.1, 0.15) is 18.7 Å². The maximum Gasteiger partial charge on any atom is 0.191 e. The molecule has 3 rings (SSSR count). The molecule has 0 aliphatic heterocycles. The Kier molecular flexibility index (Phi) is 7.75. The molecule has 0 aromatic carbocycles. The van der Waals surface area contributed by atoms with E-state index >= 15 is 0 Å². The topological polar surface area (TPSA) is 97.3 Å². The van der Waals surface area contributed by atoms with Crippen LogP contribution in [0.4, 0.5) is 0 Å². The third kappa shape index (κ3) is 4.90. The first-order chi connectivity index (χ1) is 12.3. The van der Waals surface area contributed by atoms with Crippen molar-refractivity contribution in [2.75, 3.05) is 13.1 Å². The van der Waals surface area contributed by atoms with Gasteiger partial charge < -0.3 is 15.2 Å². The van der Waals surface area contributed by atoms with Gasteiger partial charge in [0.15, 0.2) is 17.4 Å². The van der Waals surface area contributed by atoms with Crippen LogP contribution in [0, 0.1) is 0 Å². The second-order valence-corrected chi connectivity index (χ2v) is 5.46. The van der Waals surface area contributed by atoms with Gasteiger partial charge in [-0.2, -0.15) is 0 Å². The average Bonchev–Trinajstić information content (AvgIpc) is 3.26. The predicted molar refractivity (Wildman–Crippen MR) is 111 cm³/mol. The van der Waals surface area contributed by atoms with Crippen LogP contribution in [-0.4, -0.2) is 48.4 Å². The smallest absolute Gasteiger partial charge is 0.191 e. The summed E-state index contributed by atoms with van der Waals surface area (Å²) < 4.78 is 3.99. The Morgan fingerprint density at radius 3 is 2.81 bits per heavy atom. The minimum absolute atomic E-state index is 0. The minimum Gasteiger partial charge on any atom is -0.357 e. The standard InChI is InChI=1S/C16H23N9.HI/c1-3-13-21-20-12-24(13)10-8-18-16(17-4-2)19-11-15-23-22-14-7-5-6-9-25(14)15;/h5-7,9,12H,3-4,8,10-11H2,1-2H3,(H2,17,18,19);1H. The minimum atomic E-state index is 0. The second-order valence-electron chi connectivity index (χ2n) is 5.46. The molecule has 2 N–H and O–H groups in total. The molecule has 0 aliphatic rings. The number of nitrogens with one attached hydrogen (secondary N) is 2. The fourth-order valence-corrected chi connectivity index (χ4v) is 2.52.